The molecule has 10 heteroatoms. The summed E-state index contributed by atoms with van der Waals surface area (Å²) in [5.41, 5.74) is 1.98. The van der Waals surface area contributed by atoms with Crippen molar-refractivity contribution in [2.75, 3.05) is 17.4 Å². The van der Waals surface area contributed by atoms with Gasteiger partial charge in [0.2, 0.25) is 11.8 Å². The second-order valence-electron chi connectivity index (χ2n) is 8.84. The minimum absolute atomic E-state index is 0.0121. The molecule has 0 aliphatic rings. The van der Waals surface area contributed by atoms with E-state index in [1.807, 2.05) is 38.1 Å². The molecular formula is C28H31Cl2N3O4S. The van der Waals surface area contributed by atoms with Crippen molar-refractivity contribution in [3.05, 3.63) is 94.0 Å². The standard InChI is InChI=1S/C28H31Cl2N3O4S/c1-4-16-31-28(35)21(3)32(18-22-11-9-8-10-20(22)2)27(34)19-33(23-14-15-25(29)26(30)17-23)38(36,37)24-12-6-5-7-13-24/h5-15,17,21H,4,16,18-19H2,1-3H3,(H,31,35). The van der Waals surface area contributed by atoms with Crippen molar-refractivity contribution >= 4 is 50.7 Å². The Morgan fingerprint density at radius 1 is 0.947 bits per heavy atom. The zero-order chi connectivity index (χ0) is 27.9. The molecule has 0 aromatic heterocycles. The Morgan fingerprint density at radius 2 is 1.61 bits per heavy atom. The molecule has 0 spiro atoms. The third-order valence-electron chi connectivity index (χ3n) is 6.12. The number of carbonyl (C=O) groups excluding carboxylic acids is 2. The van der Waals surface area contributed by atoms with Crippen LogP contribution in [0.5, 0.6) is 0 Å². The van der Waals surface area contributed by atoms with Gasteiger partial charge in [0.15, 0.2) is 0 Å². The van der Waals surface area contributed by atoms with Gasteiger partial charge in [0.25, 0.3) is 10.0 Å². The average molecular weight is 577 g/mol. The van der Waals surface area contributed by atoms with Crippen LogP contribution in [-0.4, -0.2) is 44.3 Å². The number of benzene rings is 3. The number of amides is 2. The highest BCUT2D eigenvalue weighted by Gasteiger charge is 2.32. The number of anilines is 1. The molecule has 0 bridgehead atoms. The van der Waals surface area contributed by atoms with Crippen molar-refractivity contribution in [3.8, 4) is 0 Å². The molecule has 2 amide bonds. The van der Waals surface area contributed by atoms with Gasteiger partial charge in [-0.25, -0.2) is 8.42 Å². The fourth-order valence-corrected chi connectivity index (χ4v) is 5.56. The maximum absolute atomic E-state index is 13.9. The number of aryl methyl sites for hydroxylation is 1. The quantitative estimate of drug-likeness (QED) is 0.330. The number of halogens is 2. The van der Waals surface area contributed by atoms with E-state index in [1.54, 1.807) is 25.1 Å². The summed E-state index contributed by atoms with van der Waals surface area (Å²) in [6.07, 6.45) is 0.741. The minimum atomic E-state index is -4.17. The number of carbonyl (C=O) groups is 2. The van der Waals surface area contributed by atoms with E-state index in [0.29, 0.717) is 6.54 Å². The third kappa shape index (κ3) is 7.07. The predicted octanol–water partition coefficient (Wildman–Crippen LogP) is 5.44. The number of nitrogens with one attached hydrogen (secondary N) is 1. The Hall–Kier alpha value is -3.07. The molecule has 7 nitrogen and oxygen atoms in total. The predicted molar refractivity (Wildman–Crippen MR) is 152 cm³/mol. The molecule has 0 aliphatic carbocycles. The zero-order valence-corrected chi connectivity index (χ0v) is 23.9. The van der Waals surface area contributed by atoms with Crippen molar-refractivity contribution in [1.29, 1.82) is 0 Å². The molecule has 38 heavy (non-hydrogen) atoms. The Balaban J connectivity index is 2.04. The smallest absolute Gasteiger partial charge is 0.264 e. The summed E-state index contributed by atoms with van der Waals surface area (Å²) in [5, 5.41) is 3.22. The molecule has 3 aromatic rings. The van der Waals surface area contributed by atoms with Crippen LogP contribution in [0.4, 0.5) is 5.69 Å². The Morgan fingerprint density at radius 3 is 2.24 bits per heavy atom. The van der Waals surface area contributed by atoms with Gasteiger partial charge in [-0.1, -0.05) is 72.6 Å². The zero-order valence-electron chi connectivity index (χ0n) is 21.5. The minimum Gasteiger partial charge on any atom is -0.354 e. The first-order valence-corrected chi connectivity index (χ1v) is 14.4. The van der Waals surface area contributed by atoms with Gasteiger partial charge in [0.1, 0.15) is 12.6 Å². The number of hydrogen-bond acceptors (Lipinski definition) is 4. The van der Waals surface area contributed by atoms with Crippen molar-refractivity contribution < 1.29 is 18.0 Å². The summed E-state index contributed by atoms with van der Waals surface area (Å²) in [6, 6.07) is 18.9. The van der Waals surface area contributed by atoms with E-state index in [-0.39, 0.29) is 33.1 Å². The van der Waals surface area contributed by atoms with E-state index in [9.17, 15) is 18.0 Å². The first-order valence-electron chi connectivity index (χ1n) is 12.2. The van der Waals surface area contributed by atoms with Crippen LogP contribution in [0.1, 0.15) is 31.4 Å². The third-order valence-corrected chi connectivity index (χ3v) is 8.65. The average Bonchev–Trinajstić information content (AvgIpc) is 2.91. The van der Waals surface area contributed by atoms with Gasteiger partial charge in [0.05, 0.1) is 20.6 Å². The lowest BCUT2D eigenvalue weighted by atomic mass is 10.1. The number of hydrogen-bond donors (Lipinski definition) is 1. The van der Waals surface area contributed by atoms with Crippen LogP contribution in [-0.2, 0) is 26.2 Å². The van der Waals surface area contributed by atoms with Crippen molar-refractivity contribution in [1.82, 2.24) is 10.2 Å². The second-order valence-corrected chi connectivity index (χ2v) is 11.5. The molecule has 0 heterocycles. The fraction of sp³-hybridized carbons (Fsp3) is 0.286. The summed E-state index contributed by atoms with van der Waals surface area (Å²) in [6.45, 7) is 5.54. The molecule has 1 atom stereocenters. The van der Waals surface area contributed by atoms with Crippen LogP contribution in [0.3, 0.4) is 0 Å². The highest BCUT2D eigenvalue weighted by molar-refractivity contribution is 7.92. The van der Waals surface area contributed by atoms with Crippen LogP contribution in [0.15, 0.2) is 77.7 Å². The van der Waals surface area contributed by atoms with Crippen LogP contribution in [0, 0.1) is 6.92 Å². The van der Waals surface area contributed by atoms with Crippen LogP contribution in [0.2, 0.25) is 10.0 Å². The number of nitrogens with zero attached hydrogens (tertiary/aromatic N) is 2. The second kappa shape index (κ2) is 13.1. The van der Waals surface area contributed by atoms with Gasteiger partial charge in [-0.15, -0.1) is 0 Å². The topological polar surface area (TPSA) is 86.8 Å². The summed E-state index contributed by atoms with van der Waals surface area (Å²) in [7, 11) is -4.17. The van der Waals surface area contributed by atoms with Gasteiger partial charge in [-0.2, -0.15) is 0 Å². The fourth-order valence-electron chi connectivity index (χ4n) is 3.84. The first kappa shape index (κ1) is 29.5. The molecule has 3 rings (SSSR count). The molecular weight excluding hydrogens is 545 g/mol. The van der Waals surface area contributed by atoms with Gasteiger partial charge in [-0.05, 0) is 61.7 Å². The monoisotopic (exact) mass is 575 g/mol. The van der Waals surface area contributed by atoms with E-state index >= 15 is 0 Å². The molecule has 0 radical (unpaired) electrons. The molecule has 202 valence electrons. The number of rotatable bonds is 11. The summed E-state index contributed by atoms with van der Waals surface area (Å²) in [5.74, 6) is -0.862. The van der Waals surface area contributed by atoms with Crippen LogP contribution < -0.4 is 9.62 Å². The van der Waals surface area contributed by atoms with Gasteiger partial charge >= 0.3 is 0 Å². The molecule has 0 aliphatic heterocycles. The maximum atomic E-state index is 13.9. The SMILES string of the molecule is CCCNC(=O)C(C)N(Cc1ccccc1C)C(=O)CN(c1ccc(Cl)c(Cl)c1)S(=O)(=O)c1ccccc1. The largest absolute Gasteiger partial charge is 0.354 e. The van der Waals surface area contributed by atoms with Crippen LogP contribution >= 0.6 is 23.2 Å². The summed E-state index contributed by atoms with van der Waals surface area (Å²) >= 11 is 12.3. The lowest BCUT2D eigenvalue weighted by molar-refractivity contribution is -0.139. The summed E-state index contributed by atoms with van der Waals surface area (Å²) in [4.78, 5) is 28.2. The van der Waals surface area contributed by atoms with E-state index < -0.39 is 28.5 Å². The molecule has 0 fully saturated rings. The van der Waals surface area contributed by atoms with E-state index in [0.717, 1.165) is 21.9 Å². The van der Waals surface area contributed by atoms with Gasteiger partial charge in [0, 0.05) is 13.1 Å². The van der Waals surface area contributed by atoms with E-state index in [1.165, 1.54) is 35.2 Å². The first-order chi connectivity index (χ1) is 18.1. The molecule has 0 saturated heterocycles. The van der Waals surface area contributed by atoms with E-state index in [4.69, 9.17) is 23.2 Å². The Kier molecular flexibility index (Phi) is 10.2. The molecule has 1 N–H and O–H groups in total. The lowest BCUT2D eigenvalue weighted by Gasteiger charge is -2.32. The summed E-state index contributed by atoms with van der Waals surface area (Å²) < 4.78 is 28.5. The highest BCUT2D eigenvalue weighted by atomic mass is 35.5. The van der Waals surface area contributed by atoms with E-state index in [2.05, 4.69) is 5.32 Å². The van der Waals surface area contributed by atoms with Gasteiger partial charge in [-0.3, -0.25) is 13.9 Å². The van der Waals surface area contributed by atoms with Crippen molar-refractivity contribution in [2.45, 2.75) is 44.7 Å². The number of sulfonamides is 1. The Bertz CT molecular complexity index is 1380. The van der Waals surface area contributed by atoms with Gasteiger partial charge < -0.3 is 10.2 Å². The molecule has 1 unspecified atom stereocenters. The highest BCUT2D eigenvalue weighted by Crippen LogP contribution is 2.31. The normalized spacial score (nSPS) is 12.0. The Labute approximate surface area is 234 Å². The lowest BCUT2D eigenvalue weighted by Crippen LogP contribution is -2.51. The maximum Gasteiger partial charge on any atom is 0.264 e. The molecule has 3 aromatic carbocycles. The van der Waals surface area contributed by atoms with Crippen LogP contribution in [0.25, 0.3) is 0 Å². The van der Waals surface area contributed by atoms with Crippen molar-refractivity contribution in [2.24, 2.45) is 0 Å². The van der Waals surface area contributed by atoms with Crippen molar-refractivity contribution in [3.63, 3.8) is 0 Å². The molecule has 0 saturated carbocycles.